The Morgan fingerprint density at radius 3 is 2.48 bits per heavy atom. The van der Waals surface area contributed by atoms with Crippen LogP contribution < -0.4 is 14.4 Å². The van der Waals surface area contributed by atoms with E-state index in [0.717, 1.165) is 12.3 Å². The Hall–Kier alpha value is -3.01. The van der Waals surface area contributed by atoms with Crippen LogP contribution in [0.1, 0.15) is 15.9 Å². The first-order valence-corrected chi connectivity index (χ1v) is 9.62. The molecular weight excluding hydrogens is 439 g/mol. The largest absolute Gasteiger partial charge is 0.493 e. The number of nitrogens with zero attached hydrogens (tertiary/aromatic N) is 3. The summed E-state index contributed by atoms with van der Waals surface area (Å²) in [5.74, 6) is 0.664. The molecule has 2 heterocycles. The van der Waals surface area contributed by atoms with Gasteiger partial charge in [-0.3, -0.25) is 9.59 Å². The fourth-order valence-electron chi connectivity index (χ4n) is 3.09. The van der Waals surface area contributed by atoms with Crippen LogP contribution in [-0.4, -0.2) is 62.0 Å². The van der Waals surface area contributed by atoms with Crippen molar-refractivity contribution < 1.29 is 32.2 Å². The number of anilines is 1. The molecule has 0 radical (unpaired) electrons. The van der Waals surface area contributed by atoms with Crippen LogP contribution >= 0.6 is 11.6 Å². The van der Waals surface area contributed by atoms with Crippen LogP contribution in [0.3, 0.4) is 0 Å². The lowest BCUT2D eigenvalue weighted by Crippen LogP contribution is -2.50. The van der Waals surface area contributed by atoms with Gasteiger partial charge >= 0.3 is 6.18 Å². The van der Waals surface area contributed by atoms with Crippen LogP contribution in [0, 0.1) is 0 Å². The summed E-state index contributed by atoms with van der Waals surface area (Å²) in [5, 5.41) is -0.0937. The van der Waals surface area contributed by atoms with E-state index in [1.54, 1.807) is 21.9 Å². The molecule has 0 spiro atoms. The van der Waals surface area contributed by atoms with Crippen molar-refractivity contribution in [3.63, 3.8) is 0 Å². The molecule has 31 heavy (non-hydrogen) atoms. The van der Waals surface area contributed by atoms with E-state index in [1.165, 1.54) is 13.2 Å². The molecule has 1 aliphatic heterocycles. The Bertz CT molecular complexity index is 963. The summed E-state index contributed by atoms with van der Waals surface area (Å²) in [7, 11) is 1.43. The molecule has 0 atom stereocenters. The van der Waals surface area contributed by atoms with Crippen LogP contribution in [0.2, 0.25) is 5.02 Å². The minimum Gasteiger partial charge on any atom is -0.493 e. The van der Waals surface area contributed by atoms with Crippen LogP contribution in [0.4, 0.5) is 19.0 Å². The molecule has 1 aliphatic rings. The summed E-state index contributed by atoms with van der Waals surface area (Å²) in [4.78, 5) is 30.5. The van der Waals surface area contributed by atoms with Crippen molar-refractivity contribution in [2.75, 3.05) is 44.8 Å². The number of aldehydes is 1. The highest BCUT2D eigenvalue weighted by Crippen LogP contribution is 2.34. The number of pyridine rings is 1. The quantitative estimate of drug-likeness (QED) is 0.620. The number of hydrogen-bond donors (Lipinski definition) is 0. The van der Waals surface area contributed by atoms with Crippen LogP contribution in [0.5, 0.6) is 11.5 Å². The topological polar surface area (TPSA) is 72.0 Å². The number of rotatable bonds is 6. The highest BCUT2D eigenvalue weighted by atomic mass is 35.5. The van der Waals surface area contributed by atoms with Gasteiger partial charge in [-0.05, 0) is 24.3 Å². The molecule has 1 saturated heterocycles. The molecule has 1 fully saturated rings. The zero-order valence-corrected chi connectivity index (χ0v) is 17.2. The fourth-order valence-corrected chi connectivity index (χ4v) is 3.38. The summed E-state index contributed by atoms with van der Waals surface area (Å²) in [6, 6.07) is 5.45. The van der Waals surface area contributed by atoms with Gasteiger partial charge < -0.3 is 19.3 Å². The summed E-state index contributed by atoms with van der Waals surface area (Å²) >= 11 is 6.00. The standard InChI is InChI=1S/C20H19ClF3N3O4/c1-30-17-8-13(11-28)2-3-16(17)31-12-18(29)26-4-6-27(7-5-26)19-15(21)9-14(10-25-19)20(22,23)24/h2-3,8-11H,4-7,12H2,1H3. The van der Waals surface area contributed by atoms with E-state index in [1.807, 2.05) is 0 Å². The second-order valence-electron chi connectivity index (χ2n) is 6.71. The molecule has 0 aliphatic carbocycles. The summed E-state index contributed by atoms with van der Waals surface area (Å²) in [5.41, 5.74) is -0.494. The van der Waals surface area contributed by atoms with E-state index in [9.17, 15) is 22.8 Å². The van der Waals surface area contributed by atoms with Crippen molar-refractivity contribution in [2.45, 2.75) is 6.18 Å². The molecule has 3 rings (SSSR count). The third-order valence-corrected chi connectivity index (χ3v) is 5.03. The first-order chi connectivity index (χ1) is 14.7. The number of methoxy groups -OCH3 is 1. The molecule has 2 aromatic rings. The van der Waals surface area contributed by atoms with Crippen molar-refractivity contribution in [3.05, 3.63) is 46.6 Å². The SMILES string of the molecule is COc1cc(C=O)ccc1OCC(=O)N1CCN(c2ncc(C(F)(F)F)cc2Cl)CC1. The molecule has 0 unspecified atom stereocenters. The maximum atomic E-state index is 12.8. The zero-order chi connectivity index (χ0) is 22.6. The summed E-state index contributed by atoms with van der Waals surface area (Å²) in [6.45, 7) is 1.17. The van der Waals surface area contributed by atoms with E-state index in [2.05, 4.69) is 4.98 Å². The van der Waals surface area contributed by atoms with Gasteiger partial charge in [0.1, 0.15) is 12.1 Å². The molecule has 1 amide bonds. The Morgan fingerprint density at radius 2 is 1.90 bits per heavy atom. The Labute approximate surface area is 181 Å². The van der Waals surface area contributed by atoms with Gasteiger partial charge in [-0.25, -0.2) is 4.98 Å². The highest BCUT2D eigenvalue weighted by molar-refractivity contribution is 6.33. The first-order valence-electron chi connectivity index (χ1n) is 9.24. The molecule has 0 bridgehead atoms. The minimum absolute atomic E-state index is 0.0937. The maximum Gasteiger partial charge on any atom is 0.417 e. The average molecular weight is 458 g/mol. The normalized spacial score (nSPS) is 14.4. The third kappa shape index (κ3) is 5.38. The molecule has 166 valence electrons. The van der Waals surface area contributed by atoms with E-state index in [4.69, 9.17) is 21.1 Å². The number of hydrogen-bond acceptors (Lipinski definition) is 6. The number of piperazine rings is 1. The predicted molar refractivity (Wildman–Crippen MR) is 107 cm³/mol. The van der Waals surface area contributed by atoms with Crippen LogP contribution in [0.25, 0.3) is 0 Å². The van der Waals surface area contributed by atoms with Crippen LogP contribution in [0.15, 0.2) is 30.5 Å². The first kappa shape index (κ1) is 22.7. The lowest BCUT2D eigenvalue weighted by Gasteiger charge is -2.35. The summed E-state index contributed by atoms with van der Waals surface area (Å²) < 4.78 is 49.0. The van der Waals surface area contributed by atoms with Crippen LogP contribution in [-0.2, 0) is 11.0 Å². The summed E-state index contributed by atoms with van der Waals surface area (Å²) in [6.07, 6.45) is -3.10. The molecule has 0 N–H and O–H groups in total. The van der Waals surface area contributed by atoms with E-state index in [-0.39, 0.29) is 23.4 Å². The number of aromatic nitrogens is 1. The number of ether oxygens (including phenoxy) is 2. The van der Waals surface area contributed by atoms with Gasteiger partial charge in [0.25, 0.3) is 5.91 Å². The lowest BCUT2D eigenvalue weighted by atomic mass is 10.2. The Morgan fingerprint density at radius 1 is 1.19 bits per heavy atom. The Balaban J connectivity index is 1.56. The molecule has 1 aromatic carbocycles. The minimum atomic E-state index is -4.52. The maximum absolute atomic E-state index is 12.8. The van der Waals surface area contributed by atoms with Gasteiger partial charge in [-0.2, -0.15) is 13.2 Å². The molecule has 0 saturated carbocycles. The number of amides is 1. The fraction of sp³-hybridized carbons (Fsp3) is 0.350. The van der Waals surface area contributed by atoms with E-state index < -0.39 is 11.7 Å². The Kier molecular flexibility index (Phi) is 6.89. The number of halogens is 4. The van der Waals surface area contributed by atoms with Crippen molar-refractivity contribution in [2.24, 2.45) is 0 Å². The number of carbonyl (C=O) groups is 2. The van der Waals surface area contributed by atoms with Crippen molar-refractivity contribution in [1.82, 2.24) is 9.88 Å². The highest BCUT2D eigenvalue weighted by Gasteiger charge is 2.32. The third-order valence-electron chi connectivity index (χ3n) is 4.76. The van der Waals surface area contributed by atoms with Gasteiger partial charge in [-0.1, -0.05) is 11.6 Å². The monoisotopic (exact) mass is 457 g/mol. The van der Waals surface area contributed by atoms with Crippen molar-refractivity contribution in [1.29, 1.82) is 0 Å². The van der Waals surface area contributed by atoms with Gasteiger partial charge in [0.2, 0.25) is 0 Å². The zero-order valence-electron chi connectivity index (χ0n) is 16.5. The van der Waals surface area contributed by atoms with E-state index >= 15 is 0 Å². The second kappa shape index (κ2) is 9.42. The van der Waals surface area contributed by atoms with Gasteiger partial charge in [0.05, 0.1) is 17.7 Å². The lowest BCUT2D eigenvalue weighted by molar-refractivity contribution is -0.138. The van der Waals surface area contributed by atoms with Gasteiger partial charge in [0, 0.05) is 37.9 Å². The average Bonchev–Trinajstić information content (AvgIpc) is 2.76. The van der Waals surface area contributed by atoms with Gasteiger partial charge in [-0.15, -0.1) is 0 Å². The second-order valence-corrected chi connectivity index (χ2v) is 7.12. The molecule has 7 nitrogen and oxygen atoms in total. The number of carbonyl (C=O) groups excluding carboxylic acids is 2. The molecule has 1 aromatic heterocycles. The predicted octanol–water partition coefficient (Wildman–Crippen LogP) is 3.30. The van der Waals surface area contributed by atoms with Crippen molar-refractivity contribution in [3.8, 4) is 11.5 Å². The molecule has 11 heteroatoms. The smallest absolute Gasteiger partial charge is 0.417 e. The van der Waals surface area contributed by atoms with Crippen molar-refractivity contribution >= 4 is 29.6 Å². The number of alkyl halides is 3. The molecular formula is C20H19ClF3N3O4. The van der Waals surface area contributed by atoms with Gasteiger partial charge in [0.15, 0.2) is 18.1 Å². The van der Waals surface area contributed by atoms with E-state index in [0.29, 0.717) is 49.5 Å². The number of benzene rings is 1.